The molecule has 1 aromatic carbocycles. The van der Waals surface area contributed by atoms with E-state index in [0.29, 0.717) is 23.7 Å². The molecule has 0 aliphatic carbocycles. The van der Waals surface area contributed by atoms with E-state index >= 15 is 0 Å². The van der Waals surface area contributed by atoms with Gasteiger partial charge in [0.25, 0.3) is 0 Å². The largest absolute Gasteiger partial charge is 0.490 e. The van der Waals surface area contributed by atoms with E-state index in [1.807, 2.05) is 6.92 Å². The standard InChI is InChI=1S/C12H18ClNO2/c1-3-12(2,15)8-16-11-6-4-5-10(13)9(11)7-14/h4-6,15H,3,7-8,14H2,1-2H3. The lowest BCUT2D eigenvalue weighted by molar-refractivity contribution is 0.00819. The lowest BCUT2D eigenvalue weighted by atomic mass is 10.1. The van der Waals surface area contributed by atoms with Crippen LogP contribution in [0, 0.1) is 0 Å². The van der Waals surface area contributed by atoms with Gasteiger partial charge in [0.2, 0.25) is 0 Å². The summed E-state index contributed by atoms with van der Waals surface area (Å²) in [6.07, 6.45) is 0.630. The Morgan fingerprint density at radius 2 is 2.19 bits per heavy atom. The van der Waals surface area contributed by atoms with Crippen LogP contribution in [-0.4, -0.2) is 17.3 Å². The molecule has 1 unspecified atom stereocenters. The van der Waals surface area contributed by atoms with E-state index in [1.54, 1.807) is 25.1 Å². The topological polar surface area (TPSA) is 55.5 Å². The van der Waals surface area contributed by atoms with Crippen molar-refractivity contribution in [3.63, 3.8) is 0 Å². The van der Waals surface area contributed by atoms with Crippen LogP contribution >= 0.6 is 11.6 Å². The number of halogens is 1. The quantitative estimate of drug-likeness (QED) is 0.835. The third-order valence-corrected chi connectivity index (χ3v) is 2.93. The van der Waals surface area contributed by atoms with Crippen molar-refractivity contribution >= 4 is 11.6 Å². The Bertz CT molecular complexity index is 353. The van der Waals surface area contributed by atoms with Gasteiger partial charge < -0.3 is 15.6 Å². The summed E-state index contributed by atoms with van der Waals surface area (Å²) < 4.78 is 5.55. The Morgan fingerprint density at radius 3 is 2.75 bits per heavy atom. The summed E-state index contributed by atoms with van der Waals surface area (Å²) in [6, 6.07) is 5.38. The van der Waals surface area contributed by atoms with Crippen LogP contribution in [0.2, 0.25) is 5.02 Å². The predicted molar refractivity (Wildman–Crippen MR) is 65.8 cm³/mol. The van der Waals surface area contributed by atoms with E-state index in [1.165, 1.54) is 0 Å². The molecule has 0 aliphatic heterocycles. The number of benzene rings is 1. The van der Waals surface area contributed by atoms with Gasteiger partial charge in [0.1, 0.15) is 12.4 Å². The van der Waals surface area contributed by atoms with Gasteiger partial charge >= 0.3 is 0 Å². The zero-order valence-electron chi connectivity index (χ0n) is 9.66. The van der Waals surface area contributed by atoms with Gasteiger partial charge in [0.05, 0.1) is 5.60 Å². The first-order valence-electron chi connectivity index (χ1n) is 5.33. The van der Waals surface area contributed by atoms with Crippen LogP contribution in [0.25, 0.3) is 0 Å². The minimum Gasteiger partial charge on any atom is -0.490 e. The van der Waals surface area contributed by atoms with Crippen LogP contribution < -0.4 is 10.5 Å². The number of nitrogens with two attached hydrogens (primary N) is 1. The molecule has 16 heavy (non-hydrogen) atoms. The normalized spacial score (nSPS) is 14.6. The molecule has 0 saturated heterocycles. The molecule has 0 radical (unpaired) electrons. The Morgan fingerprint density at radius 1 is 1.50 bits per heavy atom. The van der Waals surface area contributed by atoms with Crippen LogP contribution in [0.3, 0.4) is 0 Å². The van der Waals surface area contributed by atoms with Crippen molar-refractivity contribution in [1.82, 2.24) is 0 Å². The molecule has 0 saturated carbocycles. The van der Waals surface area contributed by atoms with Crippen LogP contribution in [-0.2, 0) is 6.54 Å². The average Bonchev–Trinajstić information content (AvgIpc) is 2.26. The van der Waals surface area contributed by atoms with E-state index in [-0.39, 0.29) is 6.61 Å². The number of aliphatic hydroxyl groups is 1. The number of ether oxygens (including phenoxy) is 1. The summed E-state index contributed by atoms with van der Waals surface area (Å²) in [5.41, 5.74) is 5.55. The second-order valence-corrected chi connectivity index (χ2v) is 4.47. The number of rotatable bonds is 5. The van der Waals surface area contributed by atoms with Gasteiger partial charge in [-0.2, -0.15) is 0 Å². The van der Waals surface area contributed by atoms with Gasteiger partial charge in [-0.3, -0.25) is 0 Å². The van der Waals surface area contributed by atoms with Crippen LogP contribution in [0.4, 0.5) is 0 Å². The third-order valence-electron chi connectivity index (χ3n) is 2.58. The van der Waals surface area contributed by atoms with Gasteiger partial charge in [-0.1, -0.05) is 24.6 Å². The molecule has 0 bridgehead atoms. The zero-order chi connectivity index (χ0) is 12.2. The Balaban J connectivity index is 2.78. The maximum Gasteiger partial charge on any atom is 0.125 e. The van der Waals surface area contributed by atoms with Crippen LogP contribution in [0.5, 0.6) is 5.75 Å². The molecular formula is C12H18ClNO2. The fourth-order valence-electron chi connectivity index (χ4n) is 1.21. The highest BCUT2D eigenvalue weighted by Gasteiger charge is 2.19. The van der Waals surface area contributed by atoms with E-state index in [4.69, 9.17) is 22.1 Å². The average molecular weight is 244 g/mol. The highest BCUT2D eigenvalue weighted by atomic mass is 35.5. The maximum atomic E-state index is 9.83. The van der Waals surface area contributed by atoms with Crippen molar-refractivity contribution in [2.75, 3.05) is 6.61 Å². The maximum absolute atomic E-state index is 9.83. The Labute approximate surface area is 101 Å². The molecule has 0 amide bonds. The molecule has 0 heterocycles. The molecule has 3 nitrogen and oxygen atoms in total. The van der Waals surface area contributed by atoms with Gasteiger partial charge in [-0.25, -0.2) is 0 Å². The van der Waals surface area contributed by atoms with Crippen LogP contribution in [0.1, 0.15) is 25.8 Å². The first kappa shape index (κ1) is 13.3. The number of hydrogen-bond donors (Lipinski definition) is 2. The summed E-state index contributed by atoms with van der Waals surface area (Å²) in [5, 5.41) is 10.4. The van der Waals surface area contributed by atoms with Gasteiger partial charge in [0.15, 0.2) is 0 Å². The second-order valence-electron chi connectivity index (χ2n) is 4.06. The molecule has 90 valence electrons. The molecular weight excluding hydrogens is 226 g/mol. The minimum absolute atomic E-state index is 0.233. The van der Waals surface area contributed by atoms with Gasteiger partial charge in [-0.15, -0.1) is 0 Å². The molecule has 0 fully saturated rings. The molecule has 0 aromatic heterocycles. The molecule has 1 atom stereocenters. The summed E-state index contributed by atoms with van der Waals surface area (Å²) in [6.45, 7) is 4.20. The summed E-state index contributed by atoms with van der Waals surface area (Å²) in [4.78, 5) is 0. The zero-order valence-corrected chi connectivity index (χ0v) is 10.4. The van der Waals surface area contributed by atoms with Crippen molar-refractivity contribution in [2.45, 2.75) is 32.4 Å². The van der Waals surface area contributed by atoms with Gasteiger partial charge in [-0.05, 0) is 25.5 Å². The predicted octanol–water partition coefficient (Wildman–Crippen LogP) is 2.34. The molecule has 1 aromatic rings. The Kier molecular flexibility index (Phi) is 4.59. The van der Waals surface area contributed by atoms with E-state index < -0.39 is 5.60 Å². The first-order valence-corrected chi connectivity index (χ1v) is 5.70. The number of hydrogen-bond acceptors (Lipinski definition) is 3. The fraction of sp³-hybridized carbons (Fsp3) is 0.500. The third kappa shape index (κ3) is 3.37. The van der Waals surface area contributed by atoms with Crippen molar-refractivity contribution in [2.24, 2.45) is 5.73 Å². The lowest BCUT2D eigenvalue weighted by Crippen LogP contribution is -2.31. The molecule has 4 heteroatoms. The van der Waals surface area contributed by atoms with Crippen LogP contribution in [0.15, 0.2) is 18.2 Å². The van der Waals surface area contributed by atoms with Crippen molar-refractivity contribution in [3.05, 3.63) is 28.8 Å². The SMILES string of the molecule is CCC(C)(O)COc1cccc(Cl)c1CN. The van der Waals surface area contributed by atoms with E-state index in [0.717, 1.165) is 5.56 Å². The fourth-order valence-corrected chi connectivity index (χ4v) is 1.45. The minimum atomic E-state index is -0.825. The monoisotopic (exact) mass is 243 g/mol. The molecule has 1 rings (SSSR count). The van der Waals surface area contributed by atoms with E-state index in [2.05, 4.69) is 0 Å². The second kappa shape index (κ2) is 5.53. The summed E-state index contributed by atoms with van der Waals surface area (Å²) in [7, 11) is 0. The van der Waals surface area contributed by atoms with Crippen molar-refractivity contribution in [1.29, 1.82) is 0 Å². The van der Waals surface area contributed by atoms with Gasteiger partial charge in [0, 0.05) is 17.1 Å². The molecule has 3 N–H and O–H groups in total. The summed E-state index contributed by atoms with van der Waals surface area (Å²) >= 11 is 5.99. The van der Waals surface area contributed by atoms with E-state index in [9.17, 15) is 5.11 Å². The van der Waals surface area contributed by atoms with Crippen molar-refractivity contribution < 1.29 is 9.84 Å². The highest BCUT2D eigenvalue weighted by Crippen LogP contribution is 2.26. The summed E-state index contributed by atoms with van der Waals surface area (Å²) in [5.74, 6) is 0.642. The highest BCUT2D eigenvalue weighted by molar-refractivity contribution is 6.31. The lowest BCUT2D eigenvalue weighted by Gasteiger charge is -2.22. The Hall–Kier alpha value is -0.770. The first-order chi connectivity index (χ1) is 7.50. The molecule has 0 spiro atoms. The smallest absolute Gasteiger partial charge is 0.125 e. The van der Waals surface area contributed by atoms with Crippen molar-refractivity contribution in [3.8, 4) is 5.75 Å². The molecule has 0 aliphatic rings.